The Balaban J connectivity index is 2.87. The van der Waals surface area contributed by atoms with Gasteiger partial charge in [-0.3, -0.25) is 10.1 Å². The molecular formula is C9H16N2O3. The molecule has 1 aliphatic heterocycles. The maximum atomic E-state index is 11.5. The summed E-state index contributed by atoms with van der Waals surface area (Å²) in [7, 11) is 0. The summed E-state index contributed by atoms with van der Waals surface area (Å²) < 4.78 is 0. The molecule has 1 rings (SSSR count). The number of β-amino-alcohol motifs (C(OH)–C–C–N with tert-alkyl or cyclic N) is 1. The lowest BCUT2D eigenvalue weighted by Crippen LogP contribution is -2.48. The van der Waals surface area contributed by atoms with Crippen LogP contribution in [-0.4, -0.2) is 40.6 Å². The highest BCUT2D eigenvalue weighted by Gasteiger charge is 2.47. The fraction of sp³-hybridized carbons (Fsp3) is 0.778. The maximum absolute atomic E-state index is 11.5. The van der Waals surface area contributed by atoms with Gasteiger partial charge in [-0.15, -0.1) is 0 Å². The van der Waals surface area contributed by atoms with Crippen LogP contribution < -0.4 is 5.32 Å². The zero-order valence-corrected chi connectivity index (χ0v) is 8.54. The van der Waals surface area contributed by atoms with Crippen LogP contribution in [0.3, 0.4) is 0 Å². The van der Waals surface area contributed by atoms with Gasteiger partial charge in [0.15, 0.2) is 0 Å². The van der Waals surface area contributed by atoms with Gasteiger partial charge < -0.3 is 10.0 Å². The molecule has 2 N–H and O–H groups in total. The average Bonchev–Trinajstić information content (AvgIpc) is 2.31. The molecule has 5 heteroatoms. The second kappa shape index (κ2) is 3.96. The molecule has 5 nitrogen and oxygen atoms in total. The molecule has 1 fully saturated rings. The highest BCUT2D eigenvalue weighted by Crippen LogP contribution is 2.26. The first-order valence-corrected chi connectivity index (χ1v) is 4.80. The first-order chi connectivity index (χ1) is 6.56. The van der Waals surface area contributed by atoms with Gasteiger partial charge in [0.2, 0.25) is 0 Å². The van der Waals surface area contributed by atoms with Crippen LogP contribution in [0.4, 0.5) is 4.79 Å². The van der Waals surface area contributed by atoms with Crippen molar-refractivity contribution in [1.82, 2.24) is 10.2 Å². The summed E-state index contributed by atoms with van der Waals surface area (Å²) in [4.78, 5) is 24.3. The van der Waals surface area contributed by atoms with Crippen LogP contribution >= 0.6 is 0 Å². The van der Waals surface area contributed by atoms with Crippen LogP contribution in [0.5, 0.6) is 0 Å². The smallest absolute Gasteiger partial charge is 0.325 e. The van der Waals surface area contributed by atoms with Crippen molar-refractivity contribution < 1.29 is 14.7 Å². The van der Waals surface area contributed by atoms with E-state index < -0.39 is 11.6 Å². The normalized spacial score (nSPS) is 26.9. The molecule has 1 unspecified atom stereocenters. The molecule has 3 amide bonds. The van der Waals surface area contributed by atoms with E-state index in [1.165, 1.54) is 4.90 Å². The Hall–Kier alpha value is -1.10. The summed E-state index contributed by atoms with van der Waals surface area (Å²) in [6.07, 6.45) is 1.43. The predicted octanol–water partition coefficient (Wildman–Crippen LogP) is 0.0893. The summed E-state index contributed by atoms with van der Waals surface area (Å²) >= 11 is 0. The number of hydrogen-bond acceptors (Lipinski definition) is 3. The number of aliphatic hydroxyl groups is 1. The summed E-state index contributed by atoms with van der Waals surface area (Å²) in [5.41, 5.74) is -0.783. The molecule has 1 atom stereocenters. The number of urea groups is 1. The van der Waals surface area contributed by atoms with E-state index in [0.717, 1.165) is 6.42 Å². The van der Waals surface area contributed by atoms with Crippen molar-refractivity contribution in [2.45, 2.75) is 32.2 Å². The van der Waals surface area contributed by atoms with Gasteiger partial charge in [-0.25, -0.2) is 4.79 Å². The van der Waals surface area contributed by atoms with Crippen molar-refractivity contribution in [1.29, 1.82) is 0 Å². The Bertz CT molecular complexity index is 254. The zero-order valence-electron chi connectivity index (χ0n) is 8.54. The molecule has 14 heavy (non-hydrogen) atoms. The van der Waals surface area contributed by atoms with Gasteiger partial charge in [0.25, 0.3) is 5.91 Å². The molecule has 80 valence electrons. The lowest BCUT2D eigenvalue weighted by atomic mass is 9.95. The van der Waals surface area contributed by atoms with Crippen LogP contribution in [0.25, 0.3) is 0 Å². The Morgan fingerprint density at radius 2 is 2.14 bits per heavy atom. The van der Waals surface area contributed by atoms with Gasteiger partial charge >= 0.3 is 6.03 Å². The zero-order chi connectivity index (χ0) is 10.8. The molecular weight excluding hydrogens is 184 g/mol. The quantitative estimate of drug-likeness (QED) is 0.632. The SMILES string of the molecule is CCCC1(C)C(=O)NC(=O)N1CCO. The number of hydrogen-bond donors (Lipinski definition) is 2. The van der Waals surface area contributed by atoms with Crippen molar-refractivity contribution in [2.24, 2.45) is 0 Å². The number of rotatable bonds is 4. The average molecular weight is 200 g/mol. The largest absolute Gasteiger partial charge is 0.395 e. The Morgan fingerprint density at radius 3 is 2.64 bits per heavy atom. The third-order valence-corrected chi connectivity index (χ3v) is 2.61. The van der Waals surface area contributed by atoms with Crippen LogP contribution in [0.1, 0.15) is 26.7 Å². The predicted molar refractivity (Wildman–Crippen MR) is 50.6 cm³/mol. The van der Waals surface area contributed by atoms with Crippen LogP contribution in [-0.2, 0) is 4.79 Å². The minimum absolute atomic E-state index is 0.125. The van der Waals surface area contributed by atoms with Crippen molar-refractivity contribution in [3.63, 3.8) is 0 Å². The lowest BCUT2D eigenvalue weighted by Gasteiger charge is -2.30. The minimum atomic E-state index is -0.783. The summed E-state index contributed by atoms with van der Waals surface area (Å²) in [5.74, 6) is -0.266. The second-order valence-corrected chi connectivity index (χ2v) is 3.66. The van der Waals surface area contributed by atoms with Gasteiger partial charge in [-0.2, -0.15) is 0 Å². The fourth-order valence-electron chi connectivity index (χ4n) is 1.83. The van der Waals surface area contributed by atoms with E-state index in [1.54, 1.807) is 6.92 Å². The second-order valence-electron chi connectivity index (χ2n) is 3.66. The van der Waals surface area contributed by atoms with Gasteiger partial charge in [-0.1, -0.05) is 13.3 Å². The van der Waals surface area contributed by atoms with E-state index in [0.29, 0.717) is 6.42 Å². The van der Waals surface area contributed by atoms with E-state index in [1.807, 2.05) is 6.92 Å². The highest BCUT2D eigenvalue weighted by atomic mass is 16.3. The van der Waals surface area contributed by atoms with E-state index in [9.17, 15) is 9.59 Å². The maximum Gasteiger partial charge on any atom is 0.325 e. The first kappa shape index (κ1) is 11.0. The van der Waals surface area contributed by atoms with Gasteiger partial charge in [-0.05, 0) is 13.3 Å². The Morgan fingerprint density at radius 1 is 1.50 bits per heavy atom. The number of nitrogens with one attached hydrogen (secondary N) is 1. The molecule has 0 saturated carbocycles. The monoisotopic (exact) mass is 200 g/mol. The Labute approximate surface area is 83.1 Å². The standard InChI is InChI=1S/C9H16N2O3/c1-3-4-9(2)7(13)10-8(14)11(9)5-6-12/h12H,3-6H2,1-2H3,(H,10,13,14). The Kier molecular flexibility index (Phi) is 3.10. The van der Waals surface area contributed by atoms with Crippen molar-refractivity contribution in [3.05, 3.63) is 0 Å². The molecule has 0 radical (unpaired) electrons. The number of aliphatic hydroxyl groups excluding tert-OH is 1. The summed E-state index contributed by atoms with van der Waals surface area (Å²) in [5, 5.41) is 11.1. The molecule has 0 aromatic carbocycles. The van der Waals surface area contributed by atoms with Crippen LogP contribution in [0, 0.1) is 0 Å². The molecule has 0 aromatic heterocycles. The number of amides is 3. The summed E-state index contributed by atoms with van der Waals surface area (Å²) in [6.45, 7) is 3.76. The van der Waals surface area contributed by atoms with Crippen molar-refractivity contribution in [3.8, 4) is 0 Å². The molecule has 1 saturated heterocycles. The molecule has 0 bridgehead atoms. The minimum Gasteiger partial charge on any atom is -0.395 e. The molecule has 0 aliphatic carbocycles. The van der Waals surface area contributed by atoms with Crippen LogP contribution in [0.2, 0.25) is 0 Å². The van der Waals surface area contributed by atoms with Gasteiger partial charge in [0, 0.05) is 6.54 Å². The number of imide groups is 1. The van der Waals surface area contributed by atoms with Gasteiger partial charge in [0.1, 0.15) is 5.54 Å². The number of carbonyl (C=O) groups excluding carboxylic acids is 2. The topological polar surface area (TPSA) is 69.6 Å². The van der Waals surface area contributed by atoms with E-state index >= 15 is 0 Å². The summed E-state index contributed by atoms with van der Waals surface area (Å²) in [6, 6.07) is -0.403. The third kappa shape index (κ3) is 1.59. The van der Waals surface area contributed by atoms with Crippen molar-refractivity contribution >= 4 is 11.9 Å². The molecule has 1 aliphatic rings. The van der Waals surface area contributed by atoms with Crippen molar-refractivity contribution in [2.75, 3.05) is 13.2 Å². The molecule has 0 aromatic rings. The third-order valence-electron chi connectivity index (χ3n) is 2.61. The molecule has 1 heterocycles. The molecule has 0 spiro atoms. The van der Waals surface area contributed by atoms with E-state index in [4.69, 9.17) is 5.11 Å². The fourth-order valence-corrected chi connectivity index (χ4v) is 1.83. The van der Waals surface area contributed by atoms with E-state index in [-0.39, 0.29) is 19.1 Å². The number of carbonyl (C=O) groups is 2. The van der Waals surface area contributed by atoms with Gasteiger partial charge in [0.05, 0.1) is 6.61 Å². The highest BCUT2D eigenvalue weighted by molar-refractivity contribution is 6.06. The van der Waals surface area contributed by atoms with Crippen LogP contribution in [0.15, 0.2) is 0 Å². The number of nitrogens with zero attached hydrogens (tertiary/aromatic N) is 1. The lowest BCUT2D eigenvalue weighted by molar-refractivity contribution is -0.126. The first-order valence-electron chi connectivity index (χ1n) is 4.80. The van der Waals surface area contributed by atoms with E-state index in [2.05, 4.69) is 5.32 Å².